The van der Waals surface area contributed by atoms with E-state index in [2.05, 4.69) is 30.9 Å². The van der Waals surface area contributed by atoms with E-state index in [0.29, 0.717) is 6.54 Å². The SMILES string of the molecule is COCCN(C)CCNCC(Br)C(=O)OC. The van der Waals surface area contributed by atoms with Crippen molar-refractivity contribution in [1.29, 1.82) is 0 Å². The number of carbonyl (C=O) groups is 1. The smallest absolute Gasteiger partial charge is 0.320 e. The van der Waals surface area contributed by atoms with Gasteiger partial charge in [-0.2, -0.15) is 0 Å². The van der Waals surface area contributed by atoms with Gasteiger partial charge in [-0.1, -0.05) is 15.9 Å². The molecule has 0 aliphatic rings. The molecule has 0 fully saturated rings. The molecule has 1 N–H and O–H groups in total. The lowest BCUT2D eigenvalue weighted by atomic mass is 10.4. The van der Waals surface area contributed by atoms with Crippen LogP contribution in [0, 0.1) is 0 Å². The molecular formula is C10H21BrN2O3. The van der Waals surface area contributed by atoms with Crippen molar-refractivity contribution in [2.45, 2.75) is 4.83 Å². The number of methoxy groups -OCH3 is 2. The van der Waals surface area contributed by atoms with Gasteiger partial charge in [0.15, 0.2) is 0 Å². The van der Waals surface area contributed by atoms with Crippen LogP contribution < -0.4 is 5.32 Å². The van der Waals surface area contributed by atoms with Crippen molar-refractivity contribution in [2.75, 3.05) is 54.1 Å². The Balaban J connectivity index is 3.41. The average Bonchev–Trinajstić information content (AvgIpc) is 2.30. The number of hydrogen-bond acceptors (Lipinski definition) is 5. The molecule has 0 aliphatic carbocycles. The lowest BCUT2D eigenvalue weighted by molar-refractivity contribution is -0.139. The van der Waals surface area contributed by atoms with Crippen LogP contribution in [-0.2, 0) is 14.3 Å². The number of likely N-dealkylation sites (N-methyl/N-ethyl adjacent to an activating group) is 1. The summed E-state index contributed by atoms with van der Waals surface area (Å²) in [5.41, 5.74) is 0. The van der Waals surface area contributed by atoms with E-state index in [9.17, 15) is 4.79 Å². The van der Waals surface area contributed by atoms with Crippen LogP contribution in [0.1, 0.15) is 0 Å². The van der Waals surface area contributed by atoms with Gasteiger partial charge >= 0.3 is 5.97 Å². The molecule has 0 aromatic rings. The molecule has 5 nitrogen and oxygen atoms in total. The van der Waals surface area contributed by atoms with Crippen molar-refractivity contribution in [2.24, 2.45) is 0 Å². The van der Waals surface area contributed by atoms with E-state index in [1.54, 1.807) is 7.11 Å². The lowest BCUT2D eigenvalue weighted by Crippen LogP contribution is -2.35. The highest BCUT2D eigenvalue weighted by molar-refractivity contribution is 9.10. The van der Waals surface area contributed by atoms with Crippen LogP contribution in [0.3, 0.4) is 0 Å². The predicted molar refractivity (Wildman–Crippen MR) is 67.0 cm³/mol. The Kier molecular flexibility index (Phi) is 9.91. The van der Waals surface area contributed by atoms with Gasteiger partial charge in [-0.3, -0.25) is 4.79 Å². The number of hydrogen-bond donors (Lipinski definition) is 1. The first-order valence-electron chi connectivity index (χ1n) is 5.22. The minimum Gasteiger partial charge on any atom is -0.468 e. The third-order valence-corrected chi connectivity index (χ3v) is 2.83. The fourth-order valence-electron chi connectivity index (χ4n) is 1.07. The lowest BCUT2D eigenvalue weighted by Gasteiger charge is -2.16. The van der Waals surface area contributed by atoms with Crippen molar-refractivity contribution < 1.29 is 14.3 Å². The molecule has 0 heterocycles. The molecule has 96 valence electrons. The first-order valence-corrected chi connectivity index (χ1v) is 6.13. The molecule has 6 heteroatoms. The number of ether oxygens (including phenoxy) is 2. The van der Waals surface area contributed by atoms with Gasteiger partial charge < -0.3 is 19.7 Å². The molecule has 0 saturated carbocycles. The largest absolute Gasteiger partial charge is 0.468 e. The number of nitrogens with zero attached hydrogens (tertiary/aromatic N) is 1. The van der Waals surface area contributed by atoms with E-state index >= 15 is 0 Å². The second-order valence-electron chi connectivity index (χ2n) is 3.49. The Labute approximate surface area is 106 Å². The van der Waals surface area contributed by atoms with Crippen LogP contribution in [0.4, 0.5) is 0 Å². The number of carbonyl (C=O) groups excluding carboxylic acids is 1. The summed E-state index contributed by atoms with van der Waals surface area (Å²) in [6.45, 7) is 3.97. The van der Waals surface area contributed by atoms with E-state index in [1.165, 1.54) is 7.11 Å². The second-order valence-corrected chi connectivity index (χ2v) is 4.60. The van der Waals surface area contributed by atoms with E-state index in [0.717, 1.165) is 26.2 Å². The summed E-state index contributed by atoms with van der Waals surface area (Å²) in [4.78, 5) is 12.9. The molecule has 0 amide bonds. The molecule has 0 rings (SSSR count). The van der Waals surface area contributed by atoms with E-state index in [4.69, 9.17) is 4.74 Å². The minimum atomic E-state index is -0.276. The zero-order valence-corrected chi connectivity index (χ0v) is 11.7. The van der Waals surface area contributed by atoms with Crippen molar-refractivity contribution in [3.63, 3.8) is 0 Å². The van der Waals surface area contributed by atoms with Gasteiger partial charge in [-0.05, 0) is 7.05 Å². The van der Waals surface area contributed by atoms with Crippen LogP contribution in [0.15, 0.2) is 0 Å². The highest BCUT2D eigenvalue weighted by atomic mass is 79.9. The first-order chi connectivity index (χ1) is 7.61. The second kappa shape index (κ2) is 10.0. The van der Waals surface area contributed by atoms with Crippen LogP contribution in [0.2, 0.25) is 0 Å². The number of esters is 1. The molecule has 0 aromatic heterocycles. The zero-order chi connectivity index (χ0) is 12.4. The van der Waals surface area contributed by atoms with Gasteiger partial charge in [-0.25, -0.2) is 0 Å². The fourth-order valence-corrected chi connectivity index (χ4v) is 1.48. The highest BCUT2D eigenvalue weighted by Crippen LogP contribution is 1.99. The van der Waals surface area contributed by atoms with Crippen LogP contribution >= 0.6 is 15.9 Å². The van der Waals surface area contributed by atoms with Gasteiger partial charge in [0, 0.05) is 33.3 Å². The van der Waals surface area contributed by atoms with Crippen molar-refractivity contribution >= 4 is 21.9 Å². The van der Waals surface area contributed by atoms with E-state index < -0.39 is 0 Å². The summed E-state index contributed by atoms with van der Waals surface area (Å²) in [6.07, 6.45) is 0. The first kappa shape index (κ1) is 15.8. The Morgan fingerprint density at radius 3 is 2.69 bits per heavy atom. The molecule has 0 radical (unpaired) electrons. The monoisotopic (exact) mass is 296 g/mol. The maximum Gasteiger partial charge on any atom is 0.320 e. The Hall–Kier alpha value is -0.170. The Morgan fingerprint density at radius 1 is 1.44 bits per heavy atom. The standard InChI is InChI=1S/C10H21BrN2O3/c1-13(6-7-15-2)5-4-12-8-9(11)10(14)16-3/h9,12H,4-8H2,1-3H3. The van der Waals surface area contributed by atoms with Gasteiger partial charge in [0.1, 0.15) is 4.83 Å². The average molecular weight is 297 g/mol. The third-order valence-electron chi connectivity index (χ3n) is 2.13. The van der Waals surface area contributed by atoms with Crippen molar-refractivity contribution in [3.05, 3.63) is 0 Å². The fraction of sp³-hybridized carbons (Fsp3) is 0.900. The third kappa shape index (κ3) is 8.04. The predicted octanol–water partition coefficient (Wildman–Crippen LogP) is 0.0907. The molecular weight excluding hydrogens is 276 g/mol. The summed E-state index contributed by atoms with van der Waals surface area (Å²) < 4.78 is 9.56. The van der Waals surface area contributed by atoms with E-state index in [-0.39, 0.29) is 10.8 Å². The number of rotatable bonds is 9. The van der Waals surface area contributed by atoms with Crippen LogP contribution in [0.25, 0.3) is 0 Å². The van der Waals surface area contributed by atoms with Crippen LogP contribution in [-0.4, -0.2) is 69.7 Å². The molecule has 0 spiro atoms. The molecule has 16 heavy (non-hydrogen) atoms. The number of halogens is 1. The molecule has 0 aliphatic heterocycles. The normalized spacial score (nSPS) is 12.8. The highest BCUT2D eigenvalue weighted by Gasteiger charge is 2.13. The summed E-state index contributed by atoms with van der Waals surface area (Å²) in [5, 5.41) is 3.18. The van der Waals surface area contributed by atoms with Crippen molar-refractivity contribution in [3.8, 4) is 0 Å². The minimum absolute atomic E-state index is 0.250. The maximum atomic E-state index is 11.0. The van der Waals surface area contributed by atoms with Gasteiger partial charge in [0.05, 0.1) is 13.7 Å². The molecule has 0 saturated heterocycles. The quantitative estimate of drug-likeness (QED) is 0.371. The molecule has 0 bridgehead atoms. The summed E-state index contributed by atoms with van der Waals surface area (Å²) >= 11 is 3.24. The summed E-state index contributed by atoms with van der Waals surface area (Å²) in [6, 6.07) is 0. The van der Waals surface area contributed by atoms with Crippen molar-refractivity contribution in [1.82, 2.24) is 10.2 Å². The Morgan fingerprint density at radius 2 is 2.12 bits per heavy atom. The van der Waals surface area contributed by atoms with Gasteiger partial charge in [0.25, 0.3) is 0 Å². The topological polar surface area (TPSA) is 50.8 Å². The molecule has 1 atom stereocenters. The summed E-state index contributed by atoms with van der Waals surface area (Å²) in [7, 11) is 5.11. The molecule has 0 aromatic carbocycles. The Bertz CT molecular complexity index is 193. The molecule has 1 unspecified atom stereocenters. The van der Waals surface area contributed by atoms with Gasteiger partial charge in [-0.15, -0.1) is 0 Å². The maximum absolute atomic E-state index is 11.0. The zero-order valence-electron chi connectivity index (χ0n) is 10.2. The number of alkyl halides is 1. The van der Waals surface area contributed by atoms with Crippen LogP contribution in [0.5, 0.6) is 0 Å². The summed E-state index contributed by atoms with van der Waals surface area (Å²) in [5.74, 6) is -0.250. The number of nitrogens with one attached hydrogen (secondary N) is 1. The van der Waals surface area contributed by atoms with E-state index in [1.807, 2.05) is 7.05 Å². The van der Waals surface area contributed by atoms with Gasteiger partial charge in [0.2, 0.25) is 0 Å².